The minimum absolute atomic E-state index is 0.208. The van der Waals surface area contributed by atoms with E-state index in [0.717, 1.165) is 22.1 Å². The molecule has 0 spiro atoms. The van der Waals surface area contributed by atoms with Crippen LogP contribution in [0, 0.1) is 13.8 Å². The van der Waals surface area contributed by atoms with Gasteiger partial charge in [-0.15, -0.1) is 11.3 Å². The highest BCUT2D eigenvalue weighted by Crippen LogP contribution is 2.28. The molecule has 3 heterocycles. The van der Waals surface area contributed by atoms with Crippen molar-refractivity contribution in [1.82, 2.24) is 19.7 Å². The van der Waals surface area contributed by atoms with Crippen LogP contribution in [0.4, 0.5) is 16.5 Å². The zero-order chi connectivity index (χ0) is 21.3. The highest BCUT2D eigenvalue weighted by molar-refractivity contribution is 7.92. The van der Waals surface area contributed by atoms with Crippen LogP contribution in [-0.2, 0) is 17.1 Å². The maximum atomic E-state index is 12.8. The van der Waals surface area contributed by atoms with Crippen LogP contribution in [-0.4, -0.2) is 28.2 Å². The number of thiazole rings is 1. The lowest BCUT2D eigenvalue weighted by molar-refractivity contribution is 0.599. The fourth-order valence-corrected chi connectivity index (χ4v) is 5.32. The van der Waals surface area contributed by atoms with Crippen LogP contribution in [0.15, 0.2) is 59.1 Å². The van der Waals surface area contributed by atoms with Gasteiger partial charge in [-0.2, -0.15) is 5.10 Å². The zero-order valence-corrected chi connectivity index (χ0v) is 18.3. The summed E-state index contributed by atoms with van der Waals surface area (Å²) in [5.41, 5.74) is 4.10. The van der Waals surface area contributed by atoms with E-state index >= 15 is 0 Å². The molecule has 154 valence electrons. The first-order chi connectivity index (χ1) is 14.3. The van der Waals surface area contributed by atoms with Crippen molar-refractivity contribution in [2.45, 2.75) is 18.7 Å². The molecule has 0 saturated heterocycles. The first-order valence-corrected chi connectivity index (χ1v) is 11.5. The standard InChI is InChI=1S/C20H20N6O2S2/c1-13-19(14(2)26(3)24-13)30(27,28)25-16-8-6-15(7-9-16)18-12-29-20(23-18)22-17-5-4-10-21-11-17/h4-12,25H,1-3H3,(H,22,23). The van der Waals surface area contributed by atoms with Crippen LogP contribution < -0.4 is 10.0 Å². The zero-order valence-electron chi connectivity index (χ0n) is 16.6. The highest BCUT2D eigenvalue weighted by Gasteiger charge is 2.23. The Morgan fingerprint density at radius 3 is 2.47 bits per heavy atom. The second-order valence-electron chi connectivity index (χ2n) is 6.71. The van der Waals surface area contributed by atoms with Gasteiger partial charge < -0.3 is 5.32 Å². The van der Waals surface area contributed by atoms with Crippen LogP contribution in [0.5, 0.6) is 0 Å². The van der Waals surface area contributed by atoms with E-state index in [-0.39, 0.29) is 4.90 Å². The van der Waals surface area contributed by atoms with Gasteiger partial charge in [0.1, 0.15) is 4.90 Å². The molecule has 8 nitrogen and oxygen atoms in total. The largest absolute Gasteiger partial charge is 0.330 e. The third-order valence-electron chi connectivity index (χ3n) is 4.56. The first-order valence-electron chi connectivity index (χ1n) is 9.09. The molecule has 0 aliphatic rings. The molecular weight excluding hydrogens is 420 g/mol. The second-order valence-corrected chi connectivity index (χ2v) is 9.19. The Bertz CT molecular complexity index is 1280. The summed E-state index contributed by atoms with van der Waals surface area (Å²) in [6, 6.07) is 10.9. The lowest BCUT2D eigenvalue weighted by Crippen LogP contribution is -2.14. The Balaban J connectivity index is 1.51. The maximum Gasteiger partial charge on any atom is 0.265 e. The molecule has 0 bridgehead atoms. The topological polar surface area (TPSA) is 102 Å². The molecule has 0 radical (unpaired) electrons. The van der Waals surface area contributed by atoms with Gasteiger partial charge in [0.15, 0.2) is 5.13 Å². The smallest absolute Gasteiger partial charge is 0.265 e. The molecule has 0 amide bonds. The van der Waals surface area contributed by atoms with E-state index in [2.05, 4.69) is 25.1 Å². The Hall–Kier alpha value is -3.24. The number of aromatic nitrogens is 4. The van der Waals surface area contributed by atoms with Crippen LogP contribution >= 0.6 is 11.3 Å². The Kier molecular flexibility index (Phi) is 5.27. The summed E-state index contributed by atoms with van der Waals surface area (Å²) < 4.78 is 29.8. The van der Waals surface area contributed by atoms with Crippen molar-refractivity contribution in [3.05, 3.63) is 65.6 Å². The molecule has 0 atom stereocenters. The van der Waals surface area contributed by atoms with Crippen LogP contribution in [0.2, 0.25) is 0 Å². The number of nitrogens with zero attached hydrogens (tertiary/aromatic N) is 4. The molecular formula is C20H20N6O2S2. The predicted molar refractivity (Wildman–Crippen MR) is 119 cm³/mol. The number of sulfonamides is 1. The van der Waals surface area contributed by atoms with Gasteiger partial charge in [-0.1, -0.05) is 12.1 Å². The molecule has 3 aromatic heterocycles. The number of nitrogens with one attached hydrogen (secondary N) is 2. The summed E-state index contributed by atoms with van der Waals surface area (Å²) >= 11 is 1.49. The van der Waals surface area contributed by atoms with E-state index in [0.29, 0.717) is 17.1 Å². The molecule has 30 heavy (non-hydrogen) atoms. The van der Waals surface area contributed by atoms with Crippen LogP contribution in [0.25, 0.3) is 11.3 Å². The summed E-state index contributed by atoms with van der Waals surface area (Å²) in [6.45, 7) is 3.42. The van der Waals surface area contributed by atoms with Crippen molar-refractivity contribution < 1.29 is 8.42 Å². The van der Waals surface area contributed by atoms with Crippen molar-refractivity contribution in [1.29, 1.82) is 0 Å². The second kappa shape index (κ2) is 7.88. The molecule has 0 aliphatic heterocycles. The lowest BCUT2D eigenvalue weighted by atomic mass is 10.1. The minimum Gasteiger partial charge on any atom is -0.330 e. The number of hydrogen-bond donors (Lipinski definition) is 2. The van der Waals surface area contributed by atoms with E-state index in [4.69, 9.17) is 0 Å². The summed E-state index contributed by atoms with van der Waals surface area (Å²) in [6.07, 6.45) is 3.44. The monoisotopic (exact) mass is 440 g/mol. The Morgan fingerprint density at radius 2 is 1.83 bits per heavy atom. The van der Waals surface area contributed by atoms with Crippen molar-refractivity contribution in [3.63, 3.8) is 0 Å². The van der Waals surface area contributed by atoms with Gasteiger partial charge in [0, 0.05) is 29.9 Å². The highest BCUT2D eigenvalue weighted by atomic mass is 32.2. The molecule has 0 aliphatic carbocycles. The molecule has 0 saturated carbocycles. The summed E-state index contributed by atoms with van der Waals surface area (Å²) in [5, 5.41) is 10.1. The molecule has 4 rings (SSSR count). The fraction of sp³-hybridized carbons (Fsp3) is 0.150. The first kappa shape index (κ1) is 20.0. The van der Waals surface area contributed by atoms with E-state index in [1.807, 2.05) is 29.6 Å². The van der Waals surface area contributed by atoms with Gasteiger partial charge in [0.25, 0.3) is 10.0 Å². The predicted octanol–water partition coefficient (Wildman–Crippen LogP) is 4.10. The van der Waals surface area contributed by atoms with Crippen molar-refractivity contribution >= 4 is 37.9 Å². The number of aryl methyl sites for hydroxylation is 2. The van der Waals surface area contributed by atoms with Gasteiger partial charge in [-0.25, -0.2) is 13.4 Å². The molecule has 4 aromatic rings. The number of anilines is 3. The fourth-order valence-electron chi connectivity index (χ4n) is 3.08. The van der Waals surface area contributed by atoms with E-state index in [9.17, 15) is 8.42 Å². The maximum absolute atomic E-state index is 12.8. The molecule has 1 aromatic carbocycles. The van der Waals surface area contributed by atoms with Gasteiger partial charge in [0.2, 0.25) is 0 Å². The average Bonchev–Trinajstić information content (AvgIpc) is 3.27. The summed E-state index contributed by atoms with van der Waals surface area (Å²) in [7, 11) is -2.00. The quantitative estimate of drug-likeness (QED) is 0.468. The van der Waals surface area contributed by atoms with Crippen LogP contribution in [0.3, 0.4) is 0 Å². The van der Waals surface area contributed by atoms with Crippen molar-refractivity contribution in [2.24, 2.45) is 7.05 Å². The van der Waals surface area contributed by atoms with Crippen LogP contribution in [0.1, 0.15) is 11.4 Å². The molecule has 2 N–H and O–H groups in total. The summed E-state index contributed by atoms with van der Waals surface area (Å²) in [4.78, 5) is 8.86. The Labute approximate surface area is 178 Å². The number of benzene rings is 1. The van der Waals surface area contributed by atoms with E-state index in [1.165, 1.54) is 11.3 Å². The Morgan fingerprint density at radius 1 is 1.07 bits per heavy atom. The van der Waals surface area contributed by atoms with E-state index < -0.39 is 10.0 Å². The van der Waals surface area contributed by atoms with Gasteiger partial charge in [-0.05, 0) is 38.1 Å². The van der Waals surface area contributed by atoms with Gasteiger partial charge >= 0.3 is 0 Å². The molecule has 0 fully saturated rings. The summed E-state index contributed by atoms with van der Waals surface area (Å²) in [5.74, 6) is 0. The number of hydrogen-bond acceptors (Lipinski definition) is 7. The van der Waals surface area contributed by atoms with E-state index in [1.54, 1.807) is 50.1 Å². The number of pyridine rings is 1. The van der Waals surface area contributed by atoms with Gasteiger partial charge in [-0.3, -0.25) is 14.4 Å². The third-order valence-corrected chi connectivity index (χ3v) is 6.95. The lowest BCUT2D eigenvalue weighted by Gasteiger charge is -2.09. The molecule has 10 heteroatoms. The third kappa shape index (κ3) is 4.05. The SMILES string of the molecule is Cc1nn(C)c(C)c1S(=O)(=O)Nc1ccc(-c2csc(Nc3cccnc3)n2)cc1. The minimum atomic E-state index is -3.72. The van der Waals surface area contributed by atoms with Crippen molar-refractivity contribution in [3.8, 4) is 11.3 Å². The van der Waals surface area contributed by atoms with Gasteiger partial charge in [0.05, 0.1) is 29.0 Å². The molecule has 0 unspecified atom stereocenters. The van der Waals surface area contributed by atoms with Crippen molar-refractivity contribution in [2.75, 3.05) is 10.0 Å². The average molecular weight is 441 g/mol. The number of rotatable bonds is 6. The normalized spacial score (nSPS) is 11.4.